The van der Waals surface area contributed by atoms with E-state index in [0.29, 0.717) is 32.7 Å². The van der Waals surface area contributed by atoms with Gasteiger partial charge in [0.2, 0.25) is 5.91 Å². The molecule has 4 aromatic rings. The maximum Gasteiger partial charge on any atom is 0.245 e. The first-order valence-corrected chi connectivity index (χ1v) is 16.4. The average molecular weight is 648 g/mol. The number of allylic oxidation sites excluding steroid dienone is 1. The summed E-state index contributed by atoms with van der Waals surface area (Å²) in [5.41, 5.74) is 2.70. The Bertz CT molecular complexity index is 1530. The third-order valence-corrected chi connectivity index (χ3v) is 8.29. The van der Waals surface area contributed by atoms with E-state index < -0.39 is 30.1 Å². The fourth-order valence-corrected chi connectivity index (χ4v) is 5.90. The second-order valence-corrected chi connectivity index (χ2v) is 11.8. The van der Waals surface area contributed by atoms with Gasteiger partial charge in [0.1, 0.15) is 24.4 Å². The topological polar surface area (TPSA) is 75.3 Å². The molecule has 250 valence electrons. The van der Waals surface area contributed by atoms with Crippen LogP contribution < -0.4 is 5.32 Å². The standard InChI is InChI=1S/C41H45NO6/c1-3-5-26-41(42-37(43)4-2)40(47-30-35-24-16-9-17-25-35)39(46-29-34-22-14-8-15-23-34)38(45-28-33-20-12-7-13-21-33)36(48-41)31-44-27-32-18-10-6-11-19-32/h3-4,6-25,36,38-40H,1-2,5,26-31H2,(H,42,43)/t36-,38-,39+,40-,41+/m1/s1. The number of carbonyl (C=O) groups is 1. The number of hydrogen-bond donors (Lipinski definition) is 1. The van der Waals surface area contributed by atoms with E-state index in [9.17, 15) is 4.79 Å². The Morgan fingerprint density at radius 3 is 1.60 bits per heavy atom. The first-order chi connectivity index (χ1) is 23.6. The van der Waals surface area contributed by atoms with Gasteiger partial charge in [-0.05, 0) is 34.8 Å². The summed E-state index contributed by atoms with van der Waals surface area (Å²) < 4.78 is 33.6. The summed E-state index contributed by atoms with van der Waals surface area (Å²) in [4.78, 5) is 13.2. The van der Waals surface area contributed by atoms with E-state index in [1.807, 2.05) is 121 Å². The Balaban J connectivity index is 1.54. The molecule has 0 aromatic heterocycles. The van der Waals surface area contributed by atoms with E-state index in [-0.39, 0.29) is 19.1 Å². The highest BCUT2D eigenvalue weighted by atomic mass is 16.6. The van der Waals surface area contributed by atoms with Crippen LogP contribution in [0, 0.1) is 0 Å². The predicted octanol–water partition coefficient (Wildman–Crippen LogP) is 7.32. The van der Waals surface area contributed by atoms with Crippen molar-refractivity contribution in [2.24, 2.45) is 0 Å². The van der Waals surface area contributed by atoms with Crippen molar-refractivity contribution in [2.75, 3.05) is 6.61 Å². The molecule has 0 bridgehead atoms. The minimum absolute atomic E-state index is 0.185. The minimum Gasteiger partial charge on any atom is -0.374 e. The van der Waals surface area contributed by atoms with Gasteiger partial charge in [-0.25, -0.2) is 0 Å². The Labute approximate surface area is 284 Å². The van der Waals surface area contributed by atoms with Crippen molar-refractivity contribution >= 4 is 5.91 Å². The second-order valence-electron chi connectivity index (χ2n) is 11.8. The van der Waals surface area contributed by atoms with Crippen LogP contribution in [-0.4, -0.2) is 42.7 Å². The molecule has 1 heterocycles. The molecule has 7 nitrogen and oxygen atoms in total. The highest BCUT2D eigenvalue weighted by Crippen LogP contribution is 2.38. The zero-order valence-corrected chi connectivity index (χ0v) is 27.3. The van der Waals surface area contributed by atoms with Crippen LogP contribution in [0.2, 0.25) is 0 Å². The van der Waals surface area contributed by atoms with Gasteiger partial charge in [0.05, 0.1) is 33.0 Å². The van der Waals surface area contributed by atoms with Gasteiger partial charge in [0.15, 0.2) is 5.72 Å². The van der Waals surface area contributed by atoms with Crippen molar-refractivity contribution < 1.29 is 28.5 Å². The summed E-state index contributed by atoms with van der Waals surface area (Å²) in [5.74, 6) is -0.387. The lowest BCUT2D eigenvalue weighted by Crippen LogP contribution is -2.72. The molecular weight excluding hydrogens is 602 g/mol. The lowest BCUT2D eigenvalue weighted by atomic mass is 9.86. The second kappa shape index (κ2) is 18.2. The number of hydrogen-bond acceptors (Lipinski definition) is 6. The van der Waals surface area contributed by atoms with Crippen LogP contribution in [-0.2, 0) is 54.9 Å². The largest absolute Gasteiger partial charge is 0.374 e. The molecule has 0 spiro atoms. The average Bonchev–Trinajstić information content (AvgIpc) is 3.14. The van der Waals surface area contributed by atoms with Crippen LogP contribution in [0.4, 0.5) is 0 Å². The monoisotopic (exact) mass is 647 g/mol. The maximum absolute atomic E-state index is 13.2. The van der Waals surface area contributed by atoms with Gasteiger partial charge in [-0.2, -0.15) is 0 Å². The van der Waals surface area contributed by atoms with E-state index in [1.54, 1.807) is 6.08 Å². The molecule has 0 unspecified atom stereocenters. The Morgan fingerprint density at radius 2 is 1.12 bits per heavy atom. The number of nitrogens with one attached hydrogen (secondary N) is 1. The molecule has 1 amide bonds. The molecule has 48 heavy (non-hydrogen) atoms. The third kappa shape index (κ3) is 9.83. The van der Waals surface area contributed by atoms with Gasteiger partial charge in [-0.1, -0.05) is 134 Å². The molecule has 0 radical (unpaired) electrons. The van der Waals surface area contributed by atoms with E-state index >= 15 is 0 Å². The molecule has 1 N–H and O–H groups in total. The van der Waals surface area contributed by atoms with E-state index in [0.717, 1.165) is 22.3 Å². The van der Waals surface area contributed by atoms with Crippen LogP contribution >= 0.6 is 0 Å². The number of ether oxygens (including phenoxy) is 5. The molecule has 7 heteroatoms. The van der Waals surface area contributed by atoms with E-state index in [1.165, 1.54) is 6.08 Å². The van der Waals surface area contributed by atoms with Gasteiger partial charge < -0.3 is 29.0 Å². The van der Waals surface area contributed by atoms with Crippen molar-refractivity contribution in [2.45, 2.75) is 69.4 Å². The summed E-state index contributed by atoms with van der Waals surface area (Å²) in [6.07, 6.45) is 1.25. The molecule has 1 aliphatic heterocycles. The van der Waals surface area contributed by atoms with Crippen LogP contribution in [0.1, 0.15) is 35.1 Å². The van der Waals surface area contributed by atoms with E-state index in [2.05, 4.69) is 18.5 Å². The molecule has 1 fully saturated rings. The van der Waals surface area contributed by atoms with Crippen molar-refractivity contribution in [3.05, 3.63) is 169 Å². The third-order valence-electron chi connectivity index (χ3n) is 8.29. The zero-order valence-electron chi connectivity index (χ0n) is 27.3. The van der Waals surface area contributed by atoms with Crippen LogP contribution in [0.25, 0.3) is 0 Å². The number of benzene rings is 4. The molecule has 1 aliphatic rings. The Kier molecular flexibility index (Phi) is 13.3. The van der Waals surface area contributed by atoms with Crippen molar-refractivity contribution in [1.29, 1.82) is 0 Å². The van der Waals surface area contributed by atoms with Crippen molar-refractivity contribution in [3.63, 3.8) is 0 Å². The molecule has 0 saturated carbocycles. The van der Waals surface area contributed by atoms with Gasteiger partial charge >= 0.3 is 0 Å². The zero-order chi connectivity index (χ0) is 33.4. The predicted molar refractivity (Wildman–Crippen MR) is 187 cm³/mol. The molecule has 1 saturated heterocycles. The molecular formula is C41H45NO6. The fraction of sp³-hybridized carbons (Fsp3) is 0.293. The summed E-state index contributed by atoms with van der Waals surface area (Å²) in [6, 6.07) is 39.8. The summed E-state index contributed by atoms with van der Waals surface area (Å²) in [6.45, 7) is 9.13. The van der Waals surface area contributed by atoms with E-state index in [4.69, 9.17) is 23.7 Å². The molecule has 4 aromatic carbocycles. The number of amides is 1. The Morgan fingerprint density at radius 1 is 0.667 bits per heavy atom. The van der Waals surface area contributed by atoms with Crippen LogP contribution in [0.5, 0.6) is 0 Å². The Hall–Kier alpha value is -4.37. The summed E-state index contributed by atoms with van der Waals surface area (Å²) in [7, 11) is 0. The maximum atomic E-state index is 13.2. The lowest BCUT2D eigenvalue weighted by Gasteiger charge is -2.53. The molecule has 5 atom stereocenters. The SMILES string of the molecule is C=CCC[C@]1(NC(=O)C=C)O[C@H](COCc2ccccc2)[C@@H](OCc2ccccc2)[C@H](OCc2ccccc2)[C@H]1OCc1ccccc1. The summed E-state index contributed by atoms with van der Waals surface area (Å²) >= 11 is 0. The molecule has 0 aliphatic carbocycles. The highest BCUT2D eigenvalue weighted by molar-refractivity contribution is 5.87. The first-order valence-electron chi connectivity index (χ1n) is 16.4. The first kappa shape index (κ1) is 35.0. The van der Waals surface area contributed by atoms with Gasteiger partial charge in [0, 0.05) is 6.42 Å². The molecule has 5 rings (SSSR count). The van der Waals surface area contributed by atoms with Gasteiger partial charge in [-0.3, -0.25) is 4.79 Å². The van der Waals surface area contributed by atoms with Crippen molar-refractivity contribution in [3.8, 4) is 0 Å². The minimum atomic E-state index is -1.32. The lowest BCUT2D eigenvalue weighted by molar-refractivity contribution is -0.316. The van der Waals surface area contributed by atoms with Crippen LogP contribution in [0.15, 0.2) is 147 Å². The van der Waals surface area contributed by atoms with Gasteiger partial charge in [-0.15, -0.1) is 6.58 Å². The fourth-order valence-electron chi connectivity index (χ4n) is 5.90. The smallest absolute Gasteiger partial charge is 0.245 e. The quantitative estimate of drug-likeness (QED) is 0.0901. The normalized spacial score (nSPS) is 22.1. The summed E-state index contributed by atoms with van der Waals surface area (Å²) in [5, 5.41) is 3.12. The van der Waals surface area contributed by atoms with Crippen LogP contribution in [0.3, 0.4) is 0 Å². The highest BCUT2D eigenvalue weighted by Gasteiger charge is 2.57. The van der Waals surface area contributed by atoms with Gasteiger partial charge in [0.25, 0.3) is 0 Å². The van der Waals surface area contributed by atoms with Crippen molar-refractivity contribution in [1.82, 2.24) is 5.32 Å². The number of rotatable bonds is 18. The number of carbonyl (C=O) groups excluding carboxylic acids is 1.